The second kappa shape index (κ2) is 5.61. The normalized spacial score (nSPS) is 18.0. The second-order valence-electron chi connectivity index (χ2n) is 4.03. The van der Waals surface area contributed by atoms with Crippen LogP contribution in [0, 0.1) is 0 Å². The zero-order chi connectivity index (χ0) is 11.2. The van der Waals surface area contributed by atoms with E-state index < -0.39 is 0 Å². The summed E-state index contributed by atoms with van der Waals surface area (Å²) < 4.78 is 0. The molecule has 1 aromatic heterocycles. The van der Waals surface area contributed by atoms with Gasteiger partial charge in [-0.25, -0.2) is 0 Å². The molecule has 2 rings (SSSR count). The molecule has 0 bridgehead atoms. The van der Waals surface area contributed by atoms with E-state index in [1.54, 1.807) is 6.20 Å². The van der Waals surface area contributed by atoms with Crippen molar-refractivity contribution in [3.05, 3.63) is 30.1 Å². The van der Waals surface area contributed by atoms with E-state index in [1.807, 2.05) is 23.2 Å². The Morgan fingerprint density at radius 1 is 1.44 bits per heavy atom. The molecular formula is C12H17N3O. The van der Waals surface area contributed by atoms with Gasteiger partial charge in [-0.15, -0.1) is 0 Å². The molecule has 1 fully saturated rings. The number of rotatable bonds is 2. The number of aromatic nitrogens is 1. The van der Waals surface area contributed by atoms with Crippen molar-refractivity contribution < 1.29 is 4.79 Å². The molecule has 1 aromatic rings. The van der Waals surface area contributed by atoms with Crippen LogP contribution in [0.15, 0.2) is 24.5 Å². The van der Waals surface area contributed by atoms with Crippen LogP contribution in [0.3, 0.4) is 0 Å². The quantitative estimate of drug-likeness (QED) is 0.800. The van der Waals surface area contributed by atoms with Crippen molar-refractivity contribution in [2.24, 2.45) is 0 Å². The summed E-state index contributed by atoms with van der Waals surface area (Å²) in [6.45, 7) is 3.31. The first-order valence-electron chi connectivity index (χ1n) is 5.73. The Hall–Kier alpha value is -1.42. The first-order chi connectivity index (χ1) is 7.86. The zero-order valence-electron chi connectivity index (χ0n) is 9.35. The molecule has 1 aliphatic heterocycles. The van der Waals surface area contributed by atoms with Crippen molar-refractivity contribution in [3.8, 4) is 0 Å². The molecule has 0 aliphatic carbocycles. The van der Waals surface area contributed by atoms with Crippen molar-refractivity contribution >= 4 is 5.91 Å². The van der Waals surface area contributed by atoms with Crippen LogP contribution >= 0.6 is 0 Å². The number of carbonyl (C=O) groups excluding carboxylic acids is 1. The number of hydrogen-bond donors (Lipinski definition) is 1. The molecule has 86 valence electrons. The van der Waals surface area contributed by atoms with Crippen LogP contribution < -0.4 is 5.32 Å². The molecule has 16 heavy (non-hydrogen) atoms. The summed E-state index contributed by atoms with van der Waals surface area (Å²) in [6.07, 6.45) is 5.19. The number of carbonyl (C=O) groups is 1. The number of nitrogens with zero attached hydrogens (tertiary/aromatic N) is 2. The zero-order valence-corrected chi connectivity index (χ0v) is 9.35. The average Bonchev–Trinajstić information content (AvgIpc) is 2.30. The van der Waals surface area contributed by atoms with Gasteiger partial charge in [0.05, 0.1) is 0 Å². The Morgan fingerprint density at radius 2 is 2.38 bits per heavy atom. The lowest BCUT2D eigenvalue weighted by Gasteiger charge is -2.25. The van der Waals surface area contributed by atoms with Gasteiger partial charge in [0.2, 0.25) is 5.91 Å². The summed E-state index contributed by atoms with van der Waals surface area (Å²) in [5.41, 5.74) is 1.10. The summed E-state index contributed by atoms with van der Waals surface area (Å²) >= 11 is 0. The van der Waals surface area contributed by atoms with E-state index >= 15 is 0 Å². The summed E-state index contributed by atoms with van der Waals surface area (Å²) in [4.78, 5) is 17.8. The molecule has 0 atom stereocenters. The van der Waals surface area contributed by atoms with Gasteiger partial charge < -0.3 is 10.2 Å². The largest absolute Gasteiger partial charge is 0.338 e. The molecule has 1 saturated heterocycles. The Kier molecular flexibility index (Phi) is 3.88. The van der Waals surface area contributed by atoms with E-state index in [4.69, 9.17) is 0 Å². The van der Waals surface area contributed by atoms with Crippen molar-refractivity contribution in [1.29, 1.82) is 0 Å². The lowest BCUT2D eigenvalue weighted by molar-refractivity contribution is -0.132. The van der Waals surface area contributed by atoms with Gasteiger partial charge >= 0.3 is 0 Å². The van der Waals surface area contributed by atoms with E-state index in [0.29, 0.717) is 13.0 Å². The highest BCUT2D eigenvalue weighted by Crippen LogP contribution is 2.06. The SMILES string of the molecule is O=C1CCNCCCN1Cc1cccnc1. The fraction of sp³-hybridized carbons (Fsp3) is 0.500. The van der Waals surface area contributed by atoms with E-state index in [9.17, 15) is 4.79 Å². The number of amides is 1. The van der Waals surface area contributed by atoms with Crippen molar-refractivity contribution in [3.63, 3.8) is 0 Å². The maximum atomic E-state index is 11.8. The second-order valence-corrected chi connectivity index (χ2v) is 4.03. The maximum Gasteiger partial charge on any atom is 0.224 e. The van der Waals surface area contributed by atoms with E-state index in [2.05, 4.69) is 10.3 Å². The van der Waals surface area contributed by atoms with Crippen molar-refractivity contribution in [2.75, 3.05) is 19.6 Å². The van der Waals surface area contributed by atoms with Gasteiger partial charge in [-0.05, 0) is 24.6 Å². The van der Waals surface area contributed by atoms with Gasteiger partial charge in [0, 0.05) is 38.4 Å². The van der Waals surface area contributed by atoms with Gasteiger partial charge in [0.25, 0.3) is 0 Å². The molecule has 1 amide bonds. The highest BCUT2D eigenvalue weighted by atomic mass is 16.2. The molecule has 0 aromatic carbocycles. The van der Waals surface area contributed by atoms with Gasteiger partial charge in [-0.2, -0.15) is 0 Å². The third kappa shape index (κ3) is 3.03. The van der Waals surface area contributed by atoms with Crippen molar-refractivity contribution in [2.45, 2.75) is 19.4 Å². The predicted octanol–water partition coefficient (Wildman–Crippen LogP) is 0.794. The molecule has 4 nitrogen and oxygen atoms in total. The molecule has 0 radical (unpaired) electrons. The van der Waals surface area contributed by atoms with Gasteiger partial charge in [0.15, 0.2) is 0 Å². The molecular weight excluding hydrogens is 202 g/mol. The Labute approximate surface area is 95.7 Å². The van der Waals surface area contributed by atoms with Gasteiger partial charge in [-0.1, -0.05) is 6.07 Å². The fourth-order valence-corrected chi connectivity index (χ4v) is 1.88. The molecule has 1 N–H and O–H groups in total. The molecule has 0 saturated carbocycles. The number of hydrogen-bond acceptors (Lipinski definition) is 3. The maximum absolute atomic E-state index is 11.8. The lowest BCUT2D eigenvalue weighted by atomic mass is 10.2. The summed E-state index contributed by atoms with van der Waals surface area (Å²) in [7, 11) is 0. The Morgan fingerprint density at radius 3 is 3.19 bits per heavy atom. The van der Waals surface area contributed by atoms with Crippen LogP contribution in [0.1, 0.15) is 18.4 Å². The summed E-state index contributed by atoms with van der Waals surface area (Å²) in [6, 6.07) is 3.92. The van der Waals surface area contributed by atoms with E-state index in [0.717, 1.165) is 31.6 Å². The Bertz CT molecular complexity index is 339. The summed E-state index contributed by atoms with van der Waals surface area (Å²) in [5, 5.41) is 3.24. The summed E-state index contributed by atoms with van der Waals surface area (Å²) in [5.74, 6) is 0.232. The van der Waals surface area contributed by atoms with Gasteiger partial charge in [0.1, 0.15) is 0 Å². The van der Waals surface area contributed by atoms with Crippen LogP contribution in [-0.4, -0.2) is 35.4 Å². The molecule has 0 unspecified atom stereocenters. The highest BCUT2D eigenvalue weighted by Gasteiger charge is 2.15. The topological polar surface area (TPSA) is 45.2 Å². The minimum Gasteiger partial charge on any atom is -0.338 e. The lowest BCUT2D eigenvalue weighted by Crippen LogP contribution is -2.37. The molecule has 4 heteroatoms. The van der Waals surface area contributed by atoms with Crippen LogP contribution in [0.25, 0.3) is 0 Å². The van der Waals surface area contributed by atoms with Crippen LogP contribution in [-0.2, 0) is 11.3 Å². The number of pyridine rings is 1. The average molecular weight is 219 g/mol. The Balaban J connectivity index is 1.98. The fourth-order valence-electron chi connectivity index (χ4n) is 1.88. The van der Waals surface area contributed by atoms with Crippen LogP contribution in [0.5, 0.6) is 0 Å². The molecule has 0 spiro atoms. The van der Waals surface area contributed by atoms with Crippen LogP contribution in [0.4, 0.5) is 0 Å². The monoisotopic (exact) mass is 219 g/mol. The standard InChI is InChI=1S/C12H17N3O/c16-12-4-7-13-6-2-8-15(12)10-11-3-1-5-14-9-11/h1,3,5,9,13H,2,4,6-8,10H2. The minimum absolute atomic E-state index is 0.232. The van der Waals surface area contributed by atoms with E-state index in [1.165, 1.54) is 0 Å². The molecule has 1 aliphatic rings. The van der Waals surface area contributed by atoms with E-state index in [-0.39, 0.29) is 5.91 Å². The first kappa shape index (κ1) is 11.1. The van der Waals surface area contributed by atoms with Crippen molar-refractivity contribution in [1.82, 2.24) is 15.2 Å². The van der Waals surface area contributed by atoms with Crippen LogP contribution in [0.2, 0.25) is 0 Å². The predicted molar refractivity (Wildman–Crippen MR) is 61.8 cm³/mol. The molecule has 2 heterocycles. The highest BCUT2D eigenvalue weighted by molar-refractivity contribution is 5.76. The third-order valence-electron chi connectivity index (χ3n) is 2.75. The van der Waals surface area contributed by atoms with Gasteiger partial charge in [-0.3, -0.25) is 9.78 Å². The minimum atomic E-state index is 0.232. The first-order valence-corrected chi connectivity index (χ1v) is 5.73. The third-order valence-corrected chi connectivity index (χ3v) is 2.75. The number of nitrogens with one attached hydrogen (secondary N) is 1. The smallest absolute Gasteiger partial charge is 0.224 e.